The number of ether oxygens (including phenoxy) is 1. The van der Waals surface area contributed by atoms with Gasteiger partial charge in [-0.1, -0.05) is 30.3 Å². The summed E-state index contributed by atoms with van der Waals surface area (Å²) in [7, 11) is 0. The van der Waals surface area contributed by atoms with Gasteiger partial charge in [-0.15, -0.1) is 0 Å². The van der Waals surface area contributed by atoms with Gasteiger partial charge in [-0.05, 0) is 25.5 Å². The van der Waals surface area contributed by atoms with Crippen molar-refractivity contribution in [2.45, 2.75) is 33.9 Å². The predicted octanol–water partition coefficient (Wildman–Crippen LogP) is 2.60. The zero-order valence-electron chi connectivity index (χ0n) is 13.8. The Kier molecular flexibility index (Phi) is 5.57. The van der Waals surface area contributed by atoms with Gasteiger partial charge in [0.05, 0.1) is 5.56 Å². The van der Waals surface area contributed by atoms with E-state index in [1.165, 1.54) is 6.92 Å². The number of carbonyl (C=O) groups is 2. The Labute approximate surface area is 136 Å². The fourth-order valence-corrected chi connectivity index (χ4v) is 2.50. The number of amides is 1. The number of rotatable bonds is 6. The van der Waals surface area contributed by atoms with Gasteiger partial charge in [-0.3, -0.25) is 4.79 Å². The van der Waals surface area contributed by atoms with E-state index in [2.05, 4.69) is 5.32 Å². The summed E-state index contributed by atoms with van der Waals surface area (Å²) >= 11 is 0. The van der Waals surface area contributed by atoms with E-state index in [9.17, 15) is 9.59 Å². The van der Waals surface area contributed by atoms with E-state index in [4.69, 9.17) is 4.74 Å². The Morgan fingerprint density at radius 2 is 1.87 bits per heavy atom. The Hall–Kier alpha value is -2.56. The summed E-state index contributed by atoms with van der Waals surface area (Å²) in [5.74, 6) is -0.386. The second-order valence-corrected chi connectivity index (χ2v) is 5.48. The van der Waals surface area contributed by atoms with Crippen LogP contribution < -0.4 is 5.32 Å². The van der Waals surface area contributed by atoms with Crippen molar-refractivity contribution in [3.8, 4) is 0 Å². The van der Waals surface area contributed by atoms with Crippen LogP contribution in [0.2, 0.25) is 0 Å². The third-order valence-corrected chi connectivity index (χ3v) is 3.72. The molecule has 2 aromatic rings. The standard InChI is InChI=1S/C18H22N2O3/c1-13-11-17(14(2)20(13)10-9-19-15(3)21)18(22)23-12-16-7-5-4-6-8-16/h4-8,11H,9-10,12H2,1-3H3,(H,19,21). The van der Waals surface area contributed by atoms with E-state index in [-0.39, 0.29) is 18.5 Å². The molecule has 1 aromatic heterocycles. The molecule has 1 amide bonds. The molecular formula is C18H22N2O3. The highest BCUT2D eigenvalue weighted by Gasteiger charge is 2.16. The van der Waals surface area contributed by atoms with Crippen molar-refractivity contribution in [3.05, 3.63) is 58.9 Å². The zero-order valence-corrected chi connectivity index (χ0v) is 13.8. The van der Waals surface area contributed by atoms with Gasteiger partial charge in [0.2, 0.25) is 5.91 Å². The lowest BCUT2D eigenvalue weighted by molar-refractivity contribution is -0.118. The quantitative estimate of drug-likeness (QED) is 0.834. The van der Waals surface area contributed by atoms with Gasteiger partial charge in [0.1, 0.15) is 6.61 Å². The number of benzene rings is 1. The van der Waals surface area contributed by atoms with Crippen molar-refractivity contribution in [2.24, 2.45) is 0 Å². The maximum Gasteiger partial charge on any atom is 0.340 e. The summed E-state index contributed by atoms with van der Waals surface area (Å²) in [4.78, 5) is 23.2. The highest BCUT2D eigenvalue weighted by molar-refractivity contribution is 5.91. The fourth-order valence-electron chi connectivity index (χ4n) is 2.50. The summed E-state index contributed by atoms with van der Waals surface area (Å²) in [5.41, 5.74) is 3.35. The van der Waals surface area contributed by atoms with Crippen LogP contribution in [-0.4, -0.2) is 23.0 Å². The molecule has 23 heavy (non-hydrogen) atoms. The number of nitrogens with one attached hydrogen (secondary N) is 1. The van der Waals surface area contributed by atoms with Crippen LogP contribution in [0, 0.1) is 13.8 Å². The molecule has 5 heteroatoms. The lowest BCUT2D eigenvalue weighted by Crippen LogP contribution is -2.25. The number of hydrogen-bond donors (Lipinski definition) is 1. The van der Waals surface area contributed by atoms with Crippen LogP contribution in [0.25, 0.3) is 0 Å². The molecule has 1 heterocycles. The summed E-state index contributed by atoms with van der Waals surface area (Å²) in [6.07, 6.45) is 0. The number of carbonyl (C=O) groups excluding carboxylic acids is 2. The van der Waals surface area contributed by atoms with Gasteiger partial charge in [0.25, 0.3) is 0 Å². The molecule has 0 bridgehead atoms. The fraction of sp³-hybridized carbons (Fsp3) is 0.333. The van der Waals surface area contributed by atoms with Gasteiger partial charge in [-0.25, -0.2) is 4.79 Å². The first kappa shape index (κ1) is 16.8. The van der Waals surface area contributed by atoms with Crippen LogP contribution in [0.1, 0.15) is 34.2 Å². The normalized spacial score (nSPS) is 10.4. The number of aryl methyl sites for hydroxylation is 1. The molecule has 0 saturated heterocycles. The minimum Gasteiger partial charge on any atom is -0.457 e. The SMILES string of the molecule is CC(=O)NCCn1c(C)cc(C(=O)OCc2ccccc2)c1C. The van der Waals surface area contributed by atoms with Crippen molar-refractivity contribution in [3.63, 3.8) is 0 Å². The summed E-state index contributed by atoms with van der Waals surface area (Å²) in [6.45, 7) is 6.74. The first-order valence-corrected chi connectivity index (χ1v) is 7.61. The van der Waals surface area contributed by atoms with Crippen molar-refractivity contribution in [1.29, 1.82) is 0 Å². The second kappa shape index (κ2) is 7.63. The molecule has 0 fully saturated rings. The Morgan fingerprint density at radius 3 is 2.52 bits per heavy atom. The largest absolute Gasteiger partial charge is 0.457 e. The van der Waals surface area contributed by atoms with Gasteiger partial charge in [0.15, 0.2) is 0 Å². The monoisotopic (exact) mass is 314 g/mol. The molecule has 0 aliphatic rings. The first-order valence-electron chi connectivity index (χ1n) is 7.61. The number of esters is 1. The molecule has 0 aliphatic carbocycles. The summed E-state index contributed by atoms with van der Waals surface area (Å²) in [6, 6.07) is 11.4. The molecule has 0 aliphatic heterocycles. The maximum atomic E-state index is 12.3. The minimum absolute atomic E-state index is 0.0602. The number of aromatic nitrogens is 1. The predicted molar refractivity (Wildman–Crippen MR) is 88.2 cm³/mol. The molecule has 0 radical (unpaired) electrons. The van der Waals surface area contributed by atoms with Crippen molar-refractivity contribution in [1.82, 2.24) is 9.88 Å². The molecule has 0 saturated carbocycles. The van der Waals surface area contributed by atoms with E-state index in [0.717, 1.165) is 17.0 Å². The van der Waals surface area contributed by atoms with E-state index in [1.807, 2.05) is 54.8 Å². The highest BCUT2D eigenvalue weighted by atomic mass is 16.5. The Balaban J connectivity index is 2.01. The smallest absolute Gasteiger partial charge is 0.340 e. The topological polar surface area (TPSA) is 60.3 Å². The molecule has 0 spiro atoms. The summed E-state index contributed by atoms with van der Waals surface area (Å²) in [5, 5.41) is 2.76. The zero-order chi connectivity index (χ0) is 16.8. The minimum atomic E-state index is -0.326. The average molecular weight is 314 g/mol. The molecule has 0 atom stereocenters. The second-order valence-electron chi connectivity index (χ2n) is 5.48. The van der Waals surface area contributed by atoms with Gasteiger partial charge in [0, 0.05) is 31.4 Å². The molecule has 122 valence electrons. The third-order valence-electron chi connectivity index (χ3n) is 3.72. The summed E-state index contributed by atoms with van der Waals surface area (Å²) < 4.78 is 7.39. The van der Waals surface area contributed by atoms with Gasteiger partial charge in [-0.2, -0.15) is 0 Å². The average Bonchev–Trinajstić information content (AvgIpc) is 2.81. The van der Waals surface area contributed by atoms with Crippen LogP contribution in [0.3, 0.4) is 0 Å². The lowest BCUT2D eigenvalue weighted by atomic mass is 10.2. The first-order chi connectivity index (χ1) is 11.0. The van der Waals surface area contributed by atoms with E-state index < -0.39 is 0 Å². The Morgan fingerprint density at radius 1 is 1.17 bits per heavy atom. The lowest BCUT2D eigenvalue weighted by Gasteiger charge is -2.10. The van der Waals surface area contributed by atoms with Crippen LogP contribution in [0.15, 0.2) is 36.4 Å². The Bertz CT molecular complexity index is 690. The number of hydrogen-bond acceptors (Lipinski definition) is 3. The van der Waals surface area contributed by atoms with E-state index in [0.29, 0.717) is 18.7 Å². The van der Waals surface area contributed by atoms with Crippen molar-refractivity contribution >= 4 is 11.9 Å². The van der Waals surface area contributed by atoms with Crippen LogP contribution >= 0.6 is 0 Å². The molecule has 1 aromatic carbocycles. The van der Waals surface area contributed by atoms with Crippen LogP contribution in [-0.2, 0) is 22.7 Å². The van der Waals surface area contributed by atoms with E-state index in [1.54, 1.807) is 0 Å². The van der Waals surface area contributed by atoms with E-state index >= 15 is 0 Å². The molecular weight excluding hydrogens is 292 g/mol. The molecule has 1 N–H and O–H groups in total. The number of nitrogens with zero attached hydrogens (tertiary/aromatic N) is 1. The third kappa shape index (κ3) is 4.45. The highest BCUT2D eigenvalue weighted by Crippen LogP contribution is 2.16. The molecule has 5 nitrogen and oxygen atoms in total. The molecule has 0 unspecified atom stereocenters. The van der Waals surface area contributed by atoms with Crippen molar-refractivity contribution in [2.75, 3.05) is 6.54 Å². The molecule has 2 rings (SSSR count). The van der Waals surface area contributed by atoms with Crippen molar-refractivity contribution < 1.29 is 14.3 Å². The van der Waals surface area contributed by atoms with Crippen LogP contribution in [0.4, 0.5) is 0 Å². The van der Waals surface area contributed by atoms with Gasteiger partial charge < -0.3 is 14.6 Å². The maximum absolute atomic E-state index is 12.3. The van der Waals surface area contributed by atoms with Gasteiger partial charge >= 0.3 is 5.97 Å². The van der Waals surface area contributed by atoms with Crippen LogP contribution in [0.5, 0.6) is 0 Å².